The molecule has 1 saturated heterocycles. The number of fused-ring (bicyclic) bond motifs is 1. The molecule has 5 N–H and O–H groups in total. The van der Waals surface area contributed by atoms with Gasteiger partial charge in [0.25, 0.3) is 0 Å². The second-order valence-corrected chi connectivity index (χ2v) is 11.4. The van der Waals surface area contributed by atoms with Gasteiger partial charge < -0.3 is 21.7 Å². The van der Waals surface area contributed by atoms with E-state index in [0.717, 1.165) is 23.1 Å². The van der Waals surface area contributed by atoms with E-state index in [2.05, 4.69) is 15.3 Å². The fourth-order valence-corrected chi connectivity index (χ4v) is 6.18. The predicted octanol–water partition coefficient (Wildman–Crippen LogP) is 3.55. The molecular weight excluding hydrogens is 538 g/mol. The van der Waals surface area contributed by atoms with E-state index in [-0.39, 0.29) is 29.2 Å². The van der Waals surface area contributed by atoms with Crippen LogP contribution in [-0.4, -0.2) is 76.7 Å². The summed E-state index contributed by atoms with van der Waals surface area (Å²) >= 11 is 1.28. The number of rotatable bonds is 12. The second kappa shape index (κ2) is 14.2. The highest BCUT2D eigenvalue weighted by atomic mass is 32.1. The zero-order valence-corrected chi connectivity index (χ0v) is 24.5. The summed E-state index contributed by atoms with van der Waals surface area (Å²) in [5.41, 5.74) is 12.6. The molecule has 0 aliphatic carbocycles. The van der Waals surface area contributed by atoms with Crippen LogP contribution in [0.3, 0.4) is 0 Å². The van der Waals surface area contributed by atoms with Crippen molar-refractivity contribution in [2.24, 2.45) is 16.5 Å². The number of benzene rings is 2. The van der Waals surface area contributed by atoms with Gasteiger partial charge in [0.1, 0.15) is 6.04 Å². The van der Waals surface area contributed by atoms with Crippen molar-refractivity contribution in [2.45, 2.75) is 63.6 Å². The van der Waals surface area contributed by atoms with Crippen LogP contribution in [0, 0.1) is 0 Å². The van der Waals surface area contributed by atoms with E-state index in [1.54, 1.807) is 11.9 Å². The number of para-hydroxylation sites is 1. The Morgan fingerprint density at radius 3 is 2.51 bits per heavy atom. The highest BCUT2D eigenvalue weighted by Crippen LogP contribution is 2.28. The minimum Gasteiger partial charge on any atom is -0.370 e. The zero-order chi connectivity index (χ0) is 29.4. The smallest absolute Gasteiger partial charge is 0.327 e. The molecule has 1 unspecified atom stereocenters. The number of carbonyl (C=O) groups excluding carboxylic acids is 3. The third-order valence-electron chi connectivity index (χ3n) is 7.47. The molecule has 0 bridgehead atoms. The molecule has 2 aromatic carbocycles. The van der Waals surface area contributed by atoms with E-state index in [0.29, 0.717) is 37.9 Å². The molecular formula is C30H39N7O3S. The van der Waals surface area contributed by atoms with Crippen LogP contribution in [0.25, 0.3) is 10.2 Å². The number of imide groups is 1. The highest BCUT2D eigenvalue weighted by molar-refractivity contribution is 7.20. The molecule has 3 amide bonds. The van der Waals surface area contributed by atoms with E-state index in [1.165, 1.54) is 16.2 Å². The van der Waals surface area contributed by atoms with Crippen molar-refractivity contribution >= 4 is 45.2 Å². The summed E-state index contributed by atoms with van der Waals surface area (Å²) in [4.78, 5) is 54.2. The molecule has 3 aromatic rings. The van der Waals surface area contributed by atoms with E-state index >= 15 is 0 Å². The number of likely N-dealkylation sites (N-methyl/N-ethyl adjacent to an activating group) is 1. The van der Waals surface area contributed by atoms with Crippen LogP contribution in [0.2, 0.25) is 0 Å². The lowest BCUT2D eigenvalue weighted by atomic mass is 10.00. The van der Waals surface area contributed by atoms with E-state index < -0.39 is 24.0 Å². The van der Waals surface area contributed by atoms with Gasteiger partial charge in [-0.1, -0.05) is 42.5 Å². The maximum Gasteiger partial charge on any atom is 0.327 e. The Morgan fingerprint density at radius 1 is 1.12 bits per heavy atom. The summed E-state index contributed by atoms with van der Waals surface area (Å²) in [7, 11) is 1.70. The molecule has 218 valence electrons. The highest BCUT2D eigenvalue weighted by Gasteiger charge is 2.42. The quantitative estimate of drug-likeness (QED) is 0.129. The molecule has 4 rings (SSSR count). The van der Waals surface area contributed by atoms with Gasteiger partial charge in [-0.3, -0.25) is 19.5 Å². The number of aromatic nitrogens is 1. The number of amides is 3. The molecule has 1 fully saturated rings. The van der Waals surface area contributed by atoms with Crippen molar-refractivity contribution < 1.29 is 14.4 Å². The maximum atomic E-state index is 14.3. The van der Waals surface area contributed by atoms with Crippen LogP contribution < -0.4 is 16.8 Å². The maximum absolute atomic E-state index is 14.3. The van der Waals surface area contributed by atoms with E-state index in [4.69, 9.17) is 11.5 Å². The summed E-state index contributed by atoms with van der Waals surface area (Å²) in [6.07, 6.45) is 3.48. The van der Waals surface area contributed by atoms with Crippen LogP contribution in [0.5, 0.6) is 0 Å². The molecule has 0 spiro atoms. The number of Topliss-reactive ketones (excluding diaryl/α,β-unsaturated/α-hetero) is 1. The predicted molar refractivity (Wildman–Crippen MR) is 163 cm³/mol. The number of urea groups is 1. The first kappa shape index (κ1) is 30.1. The second-order valence-electron chi connectivity index (χ2n) is 10.4. The van der Waals surface area contributed by atoms with Crippen molar-refractivity contribution in [1.29, 1.82) is 0 Å². The standard InChI is InChI=1S/C30H39N7O3S/c1-20-11-10-18-36(20)30(40)37(28(39)23(33-2)19-21-12-4-3-5-13-21)24(15-8-9-17-34-29(31)32)26(38)27-35-22-14-6-7-16-25(22)41-27/h3-7,12-14,16,20,23-24,33H,8-11,15,17-19H2,1-2H3,(H4,31,32,34)/t20-,23-,24?/m1/s1. The fraction of sp³-hybridized carbons (Fsp3) is 0.433. The first-order valence-electron chi connectivity index (χ1n) is 14.1. The first-order chi connectivity index (χ1) is 19.8. The minimum absolute atomic E-state index is 0.000112. The molecule has 1 aromatic heterocycles. The Bertz CT molecular complexity index is 1340. The summed E-state index contributed by atoms with van der Waals surface area (Å²) in [5, 5.41) is 3.38. The summed E-state index contributed by atoms with van der Waals surface area (Å²) in [6.45, 7) is 2.91. The van der Waals surface area contributed by atoms with Gasteiger partial charge in [-0.05, 0) is 70.2 Å². The van der Waals surface area contributed by atoms with Gasteiger partial charge in [0.15, 0.2) is 11.0 Å². The van der Waals surface area contributed by atoms with E-state index in [9.17, 15) is 14.4 Å². The van der Waals surface area contributed by atoms with Crippen molar-refractivity contribution in [2.75, 3.05) is 20.1 Å². The Hall–Kier alpha value is -3.83. The zero-order valence-electron chi connectivity index (χ0n) is 23.7. The lowest BCUT2D eigenvalue weighted by Crippen LogP contribution is -2.59. The number of unbranched alkanes of at least 4 members (excludes halogenated alkanes) is 1. The average molecular weight is 578 g/mol. The third-order valence-corrected chi connectivity index (χ3v) is 8.52. The van der Waals surface area contributed by atoms with Gasteiger partial charge in [0.2, 0.25) is 11.7 Å². The minimum atomic E-state index is -1.02. The van der Waals surface area contributed by atoms with Crippen LogP contribution in [0.1, 0.15) is 54.4 Å². The topological polar surface area (TPSA) is 147 Å². The van der Waals surface area contributed by atoms with Crippen molar-refractivity contribution in [3.63, 3.8) is 0 Å². The molecule has 10 nitrogen and oxygen atoms in total. The number of aliphatic imine (C=N–C) groups is 1. The number of nitrogens with zero attached hydrogens (tertiary/aromatic N) is 4. The number of nitrogens with one attached hydrogen (secondary N) is 1. The monoisotopic (exact) mass is 577 g/mol. The Balaban J connectivity index is 1.71. The fourth-order valence-electron chi connectivity index (χ4n) is 5.22. The number of nitrogens with two attached hydrogens (primary N) is 2. The Morgan fingerprint density at radius 2 is 1.85 bits per heavy atom. The summed E-state index contributed by atoms with van der Waals surface area (Å²) < 4.78 is 0.872. The van der Waals surface area contributed by atoms with Crippen LogP contribution in [0.15, 0.2) is 59.6 Å². The summed E-state index contributed by atoms with van der Waals surface area (Å²) in [6, 6.07) is 15.0. The molecule has 0 saturated carbocycles. The number of carbonyl (C=O) groups is 3. The van der Waals surface area contributed by atoms with Gasteiger partial charge in [0, 0.05) is 19.1 Å². The van der Waals surface area contributed by atoms with Crippen molar-refractivity contribution in [3.8, 4) is 0 Å². The molecule has 0 radical (unpaired) electrons. The number of hydrogen-bond acceptors (Lipinski definition) is 7. The average Bonchev–Trinajstić information content (AvgIpc) is 3.61. The largest absolute Gasteiger partial charge is 0.370 e. The Kier molecular flexibility index (Phi) is 10.4. The molecule has 11 heteroatoms. The van der Waals surface area contributed by atoms with Gasteiger partial charge >= 0.3 is 6.03 Å². The van der Waals surface area contributed by atoms with E-state index in [1.807, 2.05) is 61.5 Å². The number of hydrogen-bond donors (Lipinski definition) is 3. The number of ketones is 1. The van der Waals surface area contributed by atoms with Gasteiger partial charge in [-0.15, -0.1) is 11.3 Å². The Labute approximate surface area is 244 Å². The van der Waals surface area contributed by atoms with Gasteiger partial charge in [-0.2, -0.15) is 0 Å². The molecule has 41 heavy (non-hydrogen) atoms. The molecule has 2 heterocycles. The molecule has 1 aliphatic heterocycles. The lowest BCUT2D eigenvalue weighted by Gasteiger charge is -2.36. The molecule has 1 aliphatic rings. The molecule has 3 atom stereocenters. The number of thiazole rings is 1. The van der Waals surface area contributed by atoms with Crippen molar-refractivity contribution in [3.05, 3.63) is 65.2 Å². The lowest BCUT2D eigenvalue weighted by molar-refractivity contribution is -0.132. The third kappa shape index (κ3) is 7.47. The van der Waals surface area contributed by atoms with Crippen LogP contribution >= 0.6 is 11.3 Å². The van der Waals surface area contributed by atoms with Gasteiger partial charge in [-0.25, -0.2) is 9.78 Å². The normalized spacial score (nSPS) is 16.3. The van der Waals surface area contributed by atoms with Crippen LogP contribution in [0.4, 0.5) is 4.79 Å². The van der Waals surface area contributed by atoms with Crippen LogP contribution in [-0.2, 0) is 11.2 Å². The number of likely N-dealkylation sites (tertiary alicyclic amines) is 1. The number of guanidine groups is 1. The van der Waals surface area contributed by atoms with Crippen molar-refractivity contribution in [1.82, 2.24) is 20.1 Å². The SMILES string of the molecule is CN[C@H](Cc1ccccc1)C(=O)N(C(=O)N1CCC[C@H]1C)C(CCCCN=C(N)N)C(=O)c1nc2ccccc2s1. The summed E-state index contributed by atoms with van der Waals surface area (Å²) in [5.74, 6) is -0.764. The first-order valence-corrected chi connectivity index (χ1v) is 14.9. The van der Waals surface area contributed by atoms with Gasteiger partial charge in [0.05, 0.1) is 16.3 Å².